The molecule has 1 aliphatic carbocycles. The van der Waals surface area contributed by atoms with Crippen molar-refractivity contribution < 1.29 is 14.0 Å². The minimum Gasteiger partial charge on any atom is -0.326 e. The molecule has 1 aliphatic heterocycles. The summed E-state index contributed by atoms with van der Waals surface area (Å²) in [6.45, 7) is -0.0732. The van der Waals surface area contributed by atoms with Crippen LogP contribution >= 0.6 is 15.9 Å². The Kier molecular flexibility index (Phi) is 3.56. The lowest BCUT2D eigenvalue weighted by Gasteiger charge is -2.27. The number of rotatable bonds is 3. The van der Waals surface area contributed by atoms with Gasteiger partial charge < -0.3 is 4.90 Å². The zero-order valence-electron chi connectivity index (χ0n) is 12.4. The van der Waals surface area contributed by atoms with Crippen molar-refractivity contribution in [1.82, 2.24) is 14.9 Å². The van der Waals surface area contributed by atoms with Gasteiger partial charge in [-0.25, -0.2) is 14.4 Å². The fraction of sp³-hybridized carbons (Fsp3) is 0.250. The Hall–Kier alpha value is -2.35. The third kappa shape index (κ3) is 2.66. The van der Waals surface area contributed by atoms with E-state index < -0.39 is 11.7 Å². The van der Waals surface area contributed by atoms with Crippen LogP contribution in [0.4, 0.5) is 10.3 Å². The summed E-state index contributed by atoms with van der Waals surface area (Å²) in [6, 6.07) is 5.63. The summed E-state index contributed by atoms with van der Waals surface area (Å²) in [6.07, 6.45) is 2.80. The summed E-state index contributed by atoms with van der Waals surface area (Å²) < 4.78 is 13.7. The van der Waals surface area contributed by atoms with E-state index in [0.717, 1.165) is 28.9 Å². The van der Waals surface area contributed by atoms with Crippen LogP contribution in [0.5, 0.6) is 0 Å². The van der Waals surface area contributed by atoms with Gasteiger partial charge in [0.15, 0.2) is 5.82 Å². The van der Waals surface area contributed by atoms with Gasteiger partial charge in [-0.1, -0.05) is 15.9 Å². The van der Waals surface area contributed by atoms with E-state index in [0.29, 0.717) is 5.56 Å². The van der Waals surface area contributed by atoms with E-state index in [1.807, 2.05) is 12.1 Å². The number of amides is 2. The molecule has 2 aromatic rings. The molecular formula is C16H12BrFN4O2. The highest BCUT2D eigenvalue weighted by Crippen LogP contribution is 2.50. The Morgan fingerprint density at radius 3 is 2.88 bits per heavy atom. The van der Waals surface area contributed by atoms with E-state index in [2.05, 4.69) is 31.2 Å². The third-order valence-electron chi connectivity index (χ3n) is 4.25. The highest BCUT2D eigenvalue weighted by atomic mass is 79.9. The minimum absolute atomic E-state index is 0.0162. The second-order valence-electron chi connectivity index (χ2n) is 5.85. The first kappa shape index (κ1) is 15.2. The van der Waals surface area contributed by atoms with Gasteiger partial charge in [0.2, 0.25) is 11.9 Å². The van der Waals surface area contributed by atoms with Crippen LogP contribution in [0.1, 0.15) is 28.3 Å². The van der Waals surface area contributed by atoms with Crippen molar-refractivity contribution in [3.8, 4) is 0 Å². The van der Waals surface area contributed by atoms with E-state index in [4.69, 9.17) is 0 Å². The van der Waals surface area contributed by atoms with Gasteiger partial charge in [0.25, 0.3) is 5.91 Å². The molecule has 0 bridgehead atoms. The standard InChI is InChI=1S/C16H12BrFN4O2/c17-8-1-2-10-11(3-8)12-4-13(12)22(15(10)24)7-14(23)21-16-19-5-9(18)6-20-16/h1-3,5-6,12-13H,4,7H2,(H,19,20,21,23)/t12-,13?/m0/s1. The van der Waals surface area contributed by atoms with Gasteiger partial charge >= 0.3 is 0 Å². The van der Waals surface area contributed by atoms with E-state index in [-0.39, 0.29) is 30.4 Å². The van der Waals surface area contributed by atoms with Crippen molar-refractivity contribution in [3.05, 3.63) is 52.0 Å². The number of fused-ring (bicyclic) bond motifs is 3. The molecule has 0 radical (unpaired) electrons. The van der Waals surface area contributed by atoms with Gasteiger partial charge in [-0.05, 0) is 30.2 Å². The maximum absolute atomic E-state index is 12.8. The van der Waals surface area contributed by atoms with Crippen LogP contribution in [0, 0.1) is 5.82 Å². The summed E-state index contributed by atoms with van der Waals surface area (Å²) in [5.74, 6) is -0.831. The molecule has 0 saturated heterocycles. The topological polar surface area (TPSA) is 75.2 Å². The average Bonchev–Trinajstić information content (AvgIpc) is 3.34. The molecule has 2 atom stereocenters. The van der Waals surface area contributed by atoms with Crippen LogP contribution in [0.15, 0.2) is 35.1 Å². The van der Waals surface area contributed by atoms with Crippen LogP contribution in [-0.4, -0.2) is 39.3 Å². The van der Waals surface area contributed by atoms with Crippen molar-refractivity contribution >= 4 is 33.7 Å². The van der Waals surface area contributed by atoms with Gasteiger partial charge in [-0.2, -0.15) is 0 Å². The predicted octanol–water partition coefficient (Wildman–Crippen LogP) is 2.33. The summed E-state index contributed by atoms with van der Waals surface area (Å²) in [5, 5.41) is 2.48. The zero-order chi connectivity index (χ0) is 16.8. The first-order valence-electron chi connectivity index (χ1n) is 7.41. The van der Waals surface area contributed by atoms with Crippen molar-refractivity contribution in [2.45, 2.75) is 18.4 Å². The van der Waals surface area contributed by atoms with Crippen molar-refractivity contribution in [1.29, 1.82) is 0 Å². The number of hydrogen-bond donors (Lipinski definition) is 1. The Morgan fingerprint density at radius 2 is 2.12 bits per heavy atom. The second kappa shape index (κ2) is 5.62. The Balaban J connectivity index is 1.49. The number of halogens is 2. The SMILES string of the molecule is O=C(CN1C(=O)c2ccc(Br)cc2[C@@H]2CC21)Nc1ncc(F)cn1. The third-order valence-corrected chi connectivity index (χ3v) is 4.74. The van der Waals surface area contributed by atoms with Gasteiger partial charge in [0.1, 0.15) is 6.54 Å². The summed E-state index contributed by atoms with van der Waals surface area (Å²) in [4.78, 5) is 33.7. The number of nitrogens with one attached hydrogen (secondary N) is 1. The lowest BCUT2D eigenvalue weighted by atomic mass is 9.98. The molecule has 1 fully saturated rings. The lowest BCUT2D eigenvalue weighted by molar-refractivity contribution is -0.117. The molecule has 122 valence electrons. The van der Waals surface area contributed by atoms with Crippen LogP contribution in [0.2, 0.25) is 0 Å². The number of benzene rings is 1. The smallest absolute Gasteiger partial charge is 0.254 e. The zero-order valence-corrected chi connectivity index (χ0v) is 14.0. The monoisotopic (exact) mass is 390 g/mol. The molecule has 6 nitrogen and oxygen atoms in total. The maximum atomic E-state index is 12.8. The number of carbonyl (C=O) groups is 2. The first-order valence-corrected chi connectivity index (χ1v) is 8.20. The quantitative estimate of drug-likeness (QED) is 0.872. The number of hydrogen-bond acceptors (Lipinski definition) is 4. The van der Waals surface area contributed by atoms with Crippen molar-refractivity contribution in [2.24, 2.45) is 0 Å². The van der Waals surface area contributed by atoms with Gasteiger partial charge in [-0.15, -0.1) is 0 Å². The molecule has 2 heterocycles. The van der Waals surface area contributed by atoms with E-state index >= 15 is 0 Å². The van der Waals surface area contributed by atoms with Crippen LogP contribution in [0.25, 0.3) is 0 Å². The Labute approximate surface area is 145 Å². The minimum atomic E-state index is -0.581. The average molecular weight is 391 g/mol. The summed E-state index contributed by atoms with van der Waals surface area (Å²) in [7, 11) is 0. The van der Waals surface area contributed by atoms with Gasteiger partial charge in [-0.3, -0.25) is 14.9 Å². The van der Waals surface area contributed by atoms with Gasteiger partial charge in [0, 0.05) is 22.0 Å². The van der Waals surface area contributed by atoms with Gasteiger partial charge in [0.05, 0.1) is 12.4 Å². The molecule has 1 aromatic heterocycles. The fourth-order valence-electron chi connectivity index (χ4n) is 3.09. The summed E-state index contributed by atoms with van der Waals surface area (Å²) in [5.41, 5.74) is 1.68. The fourth-order valence-corrected chi connectivity index (χ4v) is 3.46. The summed E-state index contributed by atoms with van der Waals surface area (Å²) >= 11 is 3.42. The van der Waals surface area contributed by atoms with Crippen LogP contribution in [0.3, 0.4) is 0 Å². The first-order chi connectivity index (χ1) is 11.5. The molecule has 8 heteroatoms. The van der Waals surface area contributed by atoms with Crippen molar-refractivity contribution in [2.75, 3.05) is 11.9 Å². The van der Waals surface area contributed by atoms with Crippen molar-refractivity contribution in [3.63, 3.8) is 0 Å². The molecule has 1 unspecified atom stereocenters. The number of anilines is 1. The molecule has 24 heavy (non-hydrogen) atoms. The Bertz CT molecular complexity index is 842. The highest BCUT2D eigenvalue weighted by molar-refractivity contribution is 9.10. The predicted molar refractivity (Wildman–Crippen MR) is 86.9 cm³/mol. The molecular weight excluding hydrogens is 379 g/mol. The largest absolute Gasteiger partial charge is 0.326 e. The second-order valence-corrected chi connectivity index (χ2v) is 6.76. The van der Waals surface area contributed by atoms with E-state index in [9.17, 15) is 14.0 Å². The Morgan fingerprint density at radius 1 is 1.38 bits per heavy atom. The van der Waals surface area contributed by atoms with E-state index in [1.54, 1.807) is 11.0 Å². The molecule has 4 rings (SSSR count). The maximum Gasteiger partial charge on any atom is 0.254 e. The normalized spacial score (nSPS) is 21.1. The molecule has 1 saturated carbocycles. The van der Waals surface area contributed by atoms with Crippen LogP contribution < -0.4 is 5.32 Å². The molecule has 2 aliphatic rings. The highest BCUT2D eigenvalue weighted by Gasteiger charge is 2.50. The number of nitrogens with zero attached hydrogens (tertiary/aromatic N) is 3. The van der Waals surface area contributed by atoms with Crippen LogP contribution in [-0.2, 0) is 4.79 Å². The number of aromatic nitrogens is 2. The molecule has 2 amide bonds. The molecule has 1 aromatic carbocycles. The lowest BCUT2D eigenvalue weighted by Crippen LogP contribution is -2.42. The molecule has 0 spiro atoms. The number of carbonyl (C=O) groups excluding carboxylic acids is 2. The van der Waals surface area contributed by atoms with E-state index in [1.165, 1.54) is 0 Å². The molecule has 1 N–H and O–H groups in total.